The molecule has 104 valence electrons. The van der Waals surface area contributed by atoms with Gasteiger partial charge in [-0.25, -0.2) is 0 Å². The van der Waals surface area contributed by atoms with Crippen molar-refractivity contribution in [2.24, 2.45) is 0 Å². The highest BCUT2D eigenvalue weighted by Gasteiger charge is 2.27. The van der Waals surface area contributed by atoms with Crippen molar-refractivity contribution in [2.45, 2.75) is 32.6 Å². The molecule has 1 aliphatic rings. The molecule has 20 heavy (non-hydrogen) atoms. The van der Waals surface area contributed by atoms with Crippen LogP contribution in [0.2, 0.25) is 0 Å². The van der Waals surface area contributed by atoms with Gasteiger partial charge in [-0.3, -0.25) is 0 Å². The van der Waals surface area contributed by atoms with Crippen molar-refractivity contribution in [1.29, 1.82) is 0 Å². The molecule has 1 nitrogen and oxygen atoms in total. The van der Waals surface area contributed by atoms with Crippen molar-refractivity contribution in [3.05, 3.63) is 56.0 Å². The van der Waals surface area contributed by atoms with E-state index in [2.05, 4.69) is 70.8 Å². The van der Waals surface area contributed by atoms with Crippen LogP contribution in [0.15, 0.2) is 39.3 Å². The van der Waals surface area contributed by atoms with E-state index in [-0.39, 0.29) is 5.41 Å². The molecule has 0 saturated carbocycles. The maximum absolute atomic E-state index is 6.08. The van der Waals surface area contributed by atoms with Crippen LogP contribution in [0, 0.1) is 0 Å². The third-order valence-corrected chi connectivity index (χ3v) is 4.73. The molecular formula is C17H16Br2O. The molecule has 3 rings (SSSR count). The predicted octanol–water partition coefficient (Wildman–Crippen LogP) is 6.21. The Morgan fingerprint density at radius 3 is 2.40 bits per heavy atom. The number of hydrogen-bond donors (Lipinski definition) is 0. The van der Waals surface area contributed by atoms with Gasteiger partial charge in [0.25, 0.3) is 0 Å². The summed E-state index contributed by atoms with van der Waals surface area (Å²) in [5.74, 6) is 1.94. The number of halogens is 2. The van der Waals surface area contributed by atoms with Crippen molar-refractivity contribution >= 4 is 31.9 Å². The molecule has 0 radical (unpaired) electrons. The summed E-state index contributed by atoms with van der Waals surface area (Å²) in [6.07, 6.45) is 0.913. The molecule has 0 bridgehead atoms. The summed E-state index contributed by atoms with van der Waals surface area (Å²) in [5, 5.41) is 0. The van der Waals surface area contributed by atoms with E-state index in [1.54, 1.807) is 0 Å². The Morgan fingerprint density at radius 2 is 1.70 bits per heavy atom. The number of benzene rings is 2. The number of rotatable bonds is 0. The molecule has 2 aromatic rings. The predicted molar refractivity (Wildman–Crippen MR) is 89.9 cm³/mol. The SMILES string of the molecule is CC(C)(C)c1c(Br)ccc2c1Cc1cc(Br)ccc1O2. The van der Waals surface area contributed by atoms with Crippen LogP contribution < -0.4 is 4.74 Å². The summed E-state index contributed by atoms with van der Waals surface area (Å²) in [6, 6.07) is 10.3. The van der Waals surface area contributed by atoms with Crippen molar-refractivity contribution in [3.63, 3.8) is 0 Å². The molecule has 1 aliphatic heterocycles. The second-order valence-corrected chi connectivity index (χ2v) is 7.95. The molecule has 3 heteroatoms. The highest BCUT2D eigenvalue weighted by Crippen LogP contribution is 2.44. The van der Waals surface area contributed by atoms with Gasteiger partial charge in [0.05, 0.1) is 0 Å². The minimum Gasteiger partial charge on any atom is -0.457 e. The van der Waals surface area contributed by atoms with Crippen LogP contribution in [0.5, 0.6) is 11.5 Å². The molecule has 0 unspecified atom stereocenters. The van der Waals surface area contributed by atoms with Crippen LogP contribution in [-0.2, 0) is 11.8 Å². The third-order valence-electron chi connectivity index (χ3n) is 3.58. The van der Waals surface area contributed by atoms with Gasteiger partial charge in [-0.15, -0.1) is 0 Å². The molecule has 0 spiro atoms. The summed E-state index contributed by atoms with van der Waals surface area (Å²) in [7, 11) is 0. The Bertz CT molecular complexity index is 684. The van der Waals surface area contributed by atoms with Crippen LogP contribution in [0.1, 0.15) is 37.5 Å². The first-order valence-corrected chi connectivity index (χ1v) is 8.23. The highest BCUT2D eigenvalue weighted by atomic mass is 79.9. The Kier molecular flexibility index (Phi) is 3.46. The van der Waals surface area contributed by atoms with Gasteiger partial charge in [-0.05, 0) is 41.3 Å². The van der Waals surface area contributed by atoms with Gasteiger partial charge in [0.1, 0.15) is 11.5 Å². The van der Waals surface area contributed by atoms with Crippen LogP contribution in [0.4, 0.5) is 0 Å². The fraction of sp³-hybridized carbons (Fsp3) is 0.294. The van der Waals surface area contributed by atoms with Gasteiger partial charge in [-0.2, -0.15) is 0 Å². The van der Waals surface area contributed by atoms with Gasteiger partial charge in [0.15, 0.2) is 0 Å². The van der Waals surface area contributed by atoms with E-state index in [1.165, 1.54) is 16.7 Å². The molecule has 0 aliphatic carbocycles. The fourth-order valence-corrected chi connectivity index (χ4v) is 4.15. The molecule has 2 aromatic carbocycles. The first-order chi connectivity index (χ1) is 9.36. The lowest BCUT2D eigenvalue weighted by Gasteiger charge is -2.29. The zero-order chi connectivity index (χ0) is 14.5. The lowest BCUT2D eigenvalue weighted by atomic mass is 9.81. The van der Waals surface area contributed by atoms with Crippen LogP contribution in [-0.4, -0.2) is 0 Å². The zero-order valence-electron chi connectivity index (χ0n) is 11.8. The summed E-state index contributed by atoms with van der Waals surface area (Å²) in [6.45, 7) is 6.72. The Hall–Kier alpha value is -0.800. The van der Waals surface area contributed by atoms with E-state index in [9.17, 15) is 0 Å². The van der Waals surface area contributed by atoms with Crippen molar-refractivity contribution in [2.75, 3.05) is 0 Å². The molecular weight excluding hydrogens is 380 g/mol. The van der Waals surface area contributed by atoms with E-state index < -0.39 is 0 Å². The standard InChI is InChI=1S/C17H16Br2O/c1-17(2,3)16-12-9-10-8-11(18)4-6-14(10)20-15(12)7-5-13(16)19/h4-8H,9H2,1-3H3. The second kappa shape index (κ2) is 4.88. The Balaban J connectivity index is 2.18. The fourth-order valence-electron chi connectivity index (χ4n) is 2.78. The number of fused-ring (bicyclic) bond motifs is 2. The summed E-state index contributed by atoms with van der Waals surface area (Å²) < 4.78 is 8.33. The summed E-state index contributed by atoms with van der Waals surface area (Å²) >= 11 is 7.24. The van der Waals surface area contributed by atoms with Crippen LogP contribution in [0.25, 0.3) is 0 Å². The maximum Gasteiger partial charge on any atom is 0.131 e. The molecule has 0 saturated heterocycles. The van der Waals surface area contributed by atoms with Crippen molar-refractivity contribution < 1.29 is 4.74 Å². The minimum atomic E-state index is 0.0804. The monoisotopic (exact) mass is 394 g/mol. The highest BCUT2D eigenvalue weighted by molar-refractivity contribution is 9.10. The smallest absolute Gasteiger partial charge is 0.131 e. The normalized spacial score (nSPS) is 13.4. The second-order valence-electron chi connectivity index (χ2n) is 6.18. The lowest BCUT2D eigenvalue weighted by Crippen LogP contribution is -2.18. The van der Waals surface area contributed by atoms with Gasteiger partial charge in [-0.1, -0.05) is 52.6 Å². The largest absolute Gasteiger partial charge is 0.457 e. The van der Waals surface area contributed by atoms with E-state index in [4.69, 9.17) is 4.74 Å². The van der Waals surface area contributed by atoms with Crippen LogP contribution >= 0.6 is 31.9 Å². The Morgan fingerprint density at radius 1 is 1.00 bits per heavy atom. The summed E-state index contributed by atoms with van der Waals surface area (Å²) in [5.41, 5.74) is 3.94. The first-order valence-electron chi connectivity index (χ1n) is 6.64. The molecule has 0 atom stereocenters. The average Bonchev–Trinajstić information content (AvgIpc) is 2.34. The number of ether oxygens (including phenoxy) is 1. The van der Waals surface area contributed by atoms with E-state index >= 15 is 0 Å². The van der Waals surface area contributed by atoms with E-state index in [1.807, 2.05) is 12.1 Å². The minimum absolute atomic E-state index is 0.0804. The molecule has 1 heterocycles. The van der Waals surface area contributed by atoms with Gasteiger partial charge < -0.3 is 4.74 Å². The first kappa shape index (κ1) is 14.2. The van der Waals surface area contributed by atoms with Gasteiger partial charge >= 0.3 is 0 Å². The number of hydrogen-bond acceptors (Lipinski definition) is 1. The third kappa shape index (κ3) is 2.42. The molecule has 0 fully saturated rings. The lowest BCUT2D eigenvalue weighted by molar-refractivity contribution is 0.453. The molecule has 0 amide bonds. The van der Waals surface area contributed by atoms with Crippen LogP contribution in [0.3, 0.4) is 0 Å². The quantitative estimate of drug-likeness (QED) is 0.439. The summed E-state index contributed by atoms with van der Waals surface area (Å²) in [4.78, 5) is 0. The molecule has 0 N–H and O–H groups in total. The van der Waals surface area contributed by atoms with Crippen molar-refractivity contribution in [1.82, 2.24) is 0 Å². The van der Waals surface area contributed by atoms with E-state index in [0.29, 0.717) is 0 Å². The van der Waals surface area contributed by atoms with Crippen molar-refractivity contribution in [3.8, 4) is 11.5 Å². The molecule has 0 aromatic heterocycles. The Labute approximate surface area is 136 Å². The maximum atomic E-state index is 6.08. The van der Waals surface area contributed by atoms with Gasteiger partial charge in [0, 0.05) is 26.5 Å². The average molecular weight is 396 g/mol. The zero-order valence-corrected chi connectivity index (χ0v) is 14.9. The van der Waals surface area contributed by atoms with E-state index in [0.717, 1.165) is 26.9 Å². The van der Waals surface area contributed by atoms with Gasteiger partial charge in [0.2, 0.25) is 0 Å². The topological polar surface area (TPSA) is 9.23 Å².